The Morgan fingerprint density at radius 3 is 2.47 bits per heavy atom. The summed E-state index contributed by atoms with van der Waals surface area (Å²) in [5, 5.41) is 11.7. The summed E-state index contributed by atoms with van der Waals surface area (Å²) in [4.78, 5) is 16.3. The molecule has 0 fully saturated rings. The van der Waals surface area contributed by atoms with E-state index in [-0.39, 0.29) is 0 Å². The fourth-order valence-corrected chi connectivity index (χ4v) is 3.09. The number of nitrogens with one attached hydrogen (secondary N) is 3. The van der Waals surface area contributed by atoms with Crippen LogP contribution in [0.5, 0.6) is 0 Å². The van der Waals surface area contributed by atoms with Crippen LogP contribution >= 0.6 is 0 Å². The van der Waals surface area contributed by atoms with Gasteiger partial charge in [0.2, 0.25) is 0 Å². The number of hydrogen-bond donors (Lipinski definition) is 3. The van der Waals surface area contributed by atoms with Crippen molar-refractivity contribution in [2.45, 2.75) is 6.18 Å². The molecule has 6 nitrogen and oxygen atoms in total. The number of aromatic amines is 1. The zero-order valence-corrected chi connectivity index (χ0v) is 16.2. The average Bonchev–Trinajstić information content (AvgIpc) is 3.25. The molecular formula is C22H15F4N5O. The first kappa shape index (κ1) is 21.0. The van der Waals surface area contributed by atoms with E-state index >= 15 is 0 Å². The Morgan fingerprint density at radius 2 is 1.72 bits per heavy atom. The number of carbonyl (C=O) groups excluding carboxylic acids is 1. The molecule has 3 N–H and O–H groups in total. The van der Waals surface area contributed by atoms with E-state index in [9.17, 15) is 22.4 Å². The highest BCUT2D eigenvalue weighted by atomic mass is 19.4. The van der Waals surface area contributed by atoms with Crippen LogP contribution in [0.1, 0.15) is 5.56 Å². The van der Waals surface area contributed by atoms with Gasteiger partial charge in [-0.15, -0.1) is 0 Å². The molecule has 4 aromatic rings. The molecule has 0 saturated heterocycles. The Kier molecular flexibility index (Phi) is 5.59. The number of alkyl halides is 3. The number of nitrogens with zero attached hydrogens (tertiary/aromatic N) is 2. The molecule has 32 heavy (non-hydrogen) atoms. The maximum atomic E-state index is 13.9. The van der Waals surface area contributed by atoms with E-state index in [0.29, 0.717) is 35.1 Å². The SMILES string of the molecule is O=C(Nc1cccc(-c2n[nH]cc2-c2ccncc2)c1)Nc1cc(C(F)(F)F)ccc1F. The van der Waals surface area contributed by atoms with Crippen LogP contribution in [0.4, 0.5) is 33.7 Å². The second kappa shape index (κ2) is 8.50. The van der Waals surface area contributed by atoms with E-state index in [1.165, 1.54) is 0 Å². The van der Waals surface area contributed by atoms with Gasteiger partial charge in [-0.3, -0.25) is 10.1 Å². The van der Waals surface area contributed by atoms with Gasteiger partial charge in [-0.2, -0.15) is 18.3 Å². The van der Waals surface area contributed by atoms with Gasteiger partial charge in [0.1, 0.15) is 5.82 Å². The van der Waals surface area contributed by atoms with Gasteiger partial charge >= 0.3 is 12.2 Å². The molecule has 10 heteroatoms. The van der Waals surface area contributed by atoms with Crippen molar-refractivity contribution < 1.29 is 22.4 Å². The predicted octanol–water partition coefficient (Wildman–Crippen LogP) is 5.94. The van der Waals surface area contributed by atoms with Crippen molar-refractivity contribution in [1.29, 1.82) is 0 Å². The molecule has 0 spiro atoms. The first-order valence-electron chi connectivity index (χ1n) is 9.30. The quantitative estimate of drug-likeness (QED) is 0.343. The van der Waals surface area contributed by atoms with Crippen molar-refractivity contribution in [3.8, 4) is 22.4 Å². The highest BCUT2D eigenvalue weighted by Gasteiger charge is 2.31. The van der Waals surface area contributed by atoms with Crippen LogP contribution in [0.15, 0.2) is 73.2 Å². The molecule has 0 aliphatic rings. The number of urea groups is 1. The lowest BCUT2D eigenvalue weighted by molar-refractivity contribution is -0.137. The van der Waals surface area contributed by atoms with Crippen LogP contribution in [0.2, 0.25) is 0 Å². The van der Waals surface area contributed by atoms with E-state index in [0.717, 1.165) is 11.1 Å². The number of hydrogen-bond acceptors (Lipinski definition) is 3. The predicted molar refractivity (Wildman–Crippen MR) is 111 cm³/mol. The Labute approximate surface area is 179 Å². The van der Waals surface area contributed by atoms with Crippen LogP contribution in [0, 0.1) is 5.82 Å². The van der Waals surface area contributed by atoms with Gasteiger partial charge in [0.15, 0.2) is 0 Å². The highest BCUT2D eigenvalue weighted by Crippen LogP contribution is 2.33. The number of amides is 2. The maximum absolute atomic E-state index is 13.9. The molecule has 0 atom stereocenters. The largest absolute Gasteiger partial charge is 0.416 e. The second-order valence-electron chi connectivity index (χ2n) is 6.74. The standard InChI is InChI=1S/C22H15F4N5O/c23-18-5-4-15(22(24,25)26)11-19(18)30-21(32)29-16-3-1-2-14(10-16)20-17(12-28-31-20)13-6-8-27-9-7-13/h1-12H,(H,28,31)(H2,29,30,32). The molecule has 0 radical (unpaired) electrons. The summed E-state index contributed by atoms with van der Waals surface area (Å²) >= 11 is 0. The third kappa shape index (κ3) is 4.59. The molecule has 0 saturated carbocycles. The molecule has 2 aromatic carbocycles. The van der Waals surface area contributed by atoms with E-state index in [2.05, 4.69) is 25.8 Å². The average molecular weight is 441 g/mol. The molecule has 2 heterocycles. The van der Waals surface area contributed by atoms with Crippen molar-refractivity contribution in [1.82, 2.24) is 15.2 Å². The lowest BCUT2D eigenvalue weighted by atomic mass is 10.0. The number of carbonyl (C=O) groups is 1. The van der Waals surface area contributed by atoms with Gasteiger partial charge in [0, 0.05) is 35.4 Å². The van der Waals surface area contributed by atoms with Crippen LogP contribution in [-0.4, -0.2) is 21.2 Å². The number of pyridine rings is 1. The second-order valence-corrected chi connectivity index (χ2v) is 6.74. The third-order valence-electron chi connectivity index (χ3n) is 4.57. The summed E-state index contributed by atoms with van der Waals surface area (Å²) in [6.45, 7) is 0. The van der Waals surface area contributed by atoms with Crippen molar-refractivity contribution >= 4 is 17.4 Å². The zero-order chi connectivity index (χ0) is 22.7. The number of rotatable bonds is 4. The fourth-order valence-electron chi connectivity index (χ4n) is 3.09. The molecule has 4 rings (SSSR count). The summed E-state index contributed by atoms with van der Waals surface area (Å²) in [5.41, 5.74) is 1.71. The van der Waals surface area contributed by atoms with Crippen molar-refractivity contribution in [2.24, 2.45) is 0 Å². The molecule has 0 bridgehead atoms. The molecular weight excluding hydrogens is 426 g/mol. The Morgan fingerprint density at radius 1 is 0.938 bits per heavy atom. The summed E-state index contributed by atoms with van der Waals surface area (Å²) in [7, 11) is 0. The smallest absolute Gasteiger partial charge is 0.308 e. The number of H-pyrrole nitrogens is 1. The van der Waals surface area contributed by atoms with Crippen molar-refractivity contribution in [2.75, 3.05) is 10.6 Å². The van der Waals surface area contributed by atoms with Crippen LogP contribution < -0.4 is 10.6 Å². The van der Waals surface area contributed by atoms with Gasteiger partial charge in [-0.05, 0) is 48.0 Å². The first-order chi connectivity index (χ1) is 15.3. The summed E-state index contributed by atoms with van der Waals surface area (Å²) in [6, 6.07) is 11.3. The monoisotopic (exact) mass is 441 g/mol. The topological polar surface area (TPSA) is 82.7 Å². The summed E-state index contributed by atoms with van der Waals surface area (Å²) < 4.78 is 52.5. The Balaban J connectivity index is 1.54. The Bertz CT molecular complexity index is 1250. The van der Waals surface area contributed by atoms with E-state index in [1.807, 2.05) is 12.1 Å². The molecule has 0 aliphatic heterocycles. The van der Waals surface area contributed by atoms with Crippen molar-refractivity contribution in [3.63, 3.8) is 0 Å². The summed E-state index contributed by atoms with van der Waals surface area (Å²) in [6.07, 6.45) is 0.377. The minimum absolute atomic E-state index is 0.344. The van der Waals surface area contributed by atoms with Gasteiger partial charge in [0.25, 0.3) is 0 Å². The molecule has 2 amide bonds. The third-order valence-corrected chi connectivity index (χ3v) is 4.57. The zero-order valence-electron chi connectivity index (χ0n) is 16.2. The summed E-state index contributed by atoms with van der Waals surface area (Å²) in [5.74, 6) is -0.986. The normalized spacial score (nSPS) is 11.2. The lowest BCUT2D eigenvalue weighted by Gasteiger charge is -2.12. The van der Waals surface area contributed by atoms with Gasteiger partial charge in [0.05, 0.1) is 16.9 Å². The molecule has 162 valence electrons. The molecule has 0 unspecified atom stereocenters. The minimum Gasteiger partial charge on any atom is -0.308 e. The maximum Gasteiger partial charge on any atom is 0.416 e. The number of halogens is 4. The number of benzene rings is 2. The molecule has 0 aliphatic carbocycles. The van der Waals surface area contributed by atoms with E-state index < -0.39 is 29.3 Å². The fraction of sp³-hybridized carbons (Fsp3) is 0.0455. The molecule has 2 aromatic heterocycles. The number of aromatic nitrogens is 3. The van der Waals surface area contributed by atoms with Gasteiger partial charge in [-0.1, -0.05) is 12.1 Å². The van der Waals surface area contributed by atoms with E-state index in [1.54, 1.807) is 42.9 Å². The van der Waals surface area contributed by atoms with E-state index in [4.69, 9.17) is 0 Å². The minimum atomic E-state index is -4.66. The van der Waals surface area contributed by atoms with Crippen LogP contribution in [0.3, 0.4) is 0 Å². The Hall–Kier alpha value is -4.21. The van der Waals surface area contributed by atoms with Gasteiger partial charge in [-0.25, -0.2) is 9.18 Å². The lowest BCUT2D eigenvalue weighted by Crippen LogP contribution is -2.20. The van der Waals surface area contributed by atoms with Crippen LogP contribution in [-0.2, 0) is 6.18 Å². The van der Waals surface area contributed by atoms with Crippen molar-refractivity contribution in [3.05, 3.63) is 84.6 Å². The number of anilines is 2. The first-order valence-corrected chi connectivity index (χ1v) is 9.30. The highest BCUT2D eigenvalue weighted by molar-refractivity contribution is 6.00. The van der Waals surface area contributed by atoms with Crippen LogP contribution in [0.25, 0.3) is 22.4 Å². The van der Waals surface area contributed by atoms with Gasteiger partial charge < -0.3 is 10.6 Å².